The summed E-state index contributed by atoms with van der Waals surface area (Å²) in [5.41, 5.74) is 4.60. The van der Waals surface area contributed by atoms with Crippen LogP contribution >= 0.6 is 0 Å². The first kappa shape index (κ1) is 12.6. The van der Waals surface area contributed by atoms with Crippen LogP contribution in [0.25, 0.3) is 10.9 Å². The van der Waals surface area contributed by atoms with Gasteiger partial charge in [0.25, 0.3) is 0 Å². The van der Waals surface area contributed by atoms with Gasteiger partial charge in [-0.05, 0) is 25.5 Å². The highest BCUT2D eigenvalue weighted by molar-refractivity contribution is 5.81. The molecule has 4 rings (SSSR count). The summed E-state index contributed by atoms with van der Waals surface area (Å²) in [6.45, 7) is 4.43. The average Bonchev–Trinajstić information content (AvgIpc) is 2.92. The van der Waals surface area contributed by atoms with Gasteiger partial charge in [-0.2, -0.15) is 5.26 Å². The number of pyridine rings is 1. The van der Waals surface area contributed by atoms with E-state index in [1.54, 1.807) is 0 Å². The highest BCUT2D eigenvalue weighted by Crippen LogP contribution is 2.31. The Morgan fingerprint density at radius 3 is 3.14 bits per heavy atom. The first-order valence-corrected chi connectivity index (χ1v) is 7.58. The normalized spacial score (nSPS) is 23.0. The summed E-state index contributed by atoms with van der Waals surface area (Å²) in [7, 11) is 0. The maximum absolute atomic E-state index is 12.8. The summed E-state index contributed by atoms with van der Waals surface area (Å²) in [5.74, 6) is 0. The topological polar surface area (TPSA) is 50.2 Å². The standard InChI is InChI=1S/C17H17N3O/c1-11-2-4-14-13(10-11)17(21)12-3-5-15-16(12)20(14)9-8-19(15)7-6-18/h2,4,10,15H,3,5,7-9H2,1H3/p+1/t15-/m1/s1. The van der Waals surface area contributed by atoms with E-state index in [1.165, 1.54) is 10.6 Å². The van der Waals surface area contributed by atoms with Crippen molar-refractivity contribution in [2.75, 3.05) is 13.1 Å². The van der Waals surface area contributed by atoms with Crippen molar-refractivity contribution >= 4 is 10.9 Å². The van der Waals surface area contributed by atoms with E-state index in [4.69, 9.17) is 5.26 Å². The van der Waals surface area contributed by atoms with Crippen LogP contribution in [0.4, 0.5) is 0 Å². The van der Waals surface area contributed by atoms with E-state index in [0.717, 1.165) is 48.0 Å². The number of fused-ring (bicyclic) bond motifs is 2. The Kier molecular flexibility index (Phi) is 2.66. The molecule has 2 aliphatic rings. The summed E-state index contributed by atoms with van der Waals surface area (Å²) in [6, 6.07) is 8.79. The fourth-order valence-electron chi connectivity index (χ4n) is 4.09. The SMILES string of the molecule is Cc1ccc2c(c1)c(=O)c1c3n2CC[NH+](CC#N)[C@@H]3CC1. The van der Waals surface area contributed by atoms with Gasteiger partial charge < -0.3 is 9.47 Å². The predicted molar refractivity (Wildman–Crippen MR) is 80.3 cm³/mol. The van der Waals surface area contributed by atoms with Crippen molar-refractivity contribution in [1.29, 1.82) is 5.26 Å². The molecule has 0 saturated heterocycles. The molecule has 106 valence electrons. The summed E-state index contributed by atoms with van der Waals surface area (Å²) in [5, 5.41) is 9.87. The van der Waals surface area contributed by atoms with Gasteiger partial charge in [-0.3, -0.25) is 4.79 Å². The van der Waals surface area contributed by atoms with Crippen molar-refractivity contribution in [2.24, 2.45) is 0 Å². The maximum Gasteiger partial charge on any atom is 0.193 e. The van der Waals surface area contributed by atoms with Gasteiger partial charge >= 0.3 is 0 Å². The average molecular weight is 280 g/mol. The minimum absolute atomic E-state index is 0.209. The lowest BCUT2D eigenvalue weighted by Gasteiger charge is -2.32. The van der Waals surface area contributed by atoms with E-state index < -0.39 is 0 Å². The molecule has 4 nitrogen and oxygen atoms in total. The number of benzene rings is 1. The number of nitrogens with one attached hydrogen (secondary N) is 1. The van der Waals surface area contributed by atoms with Crippen LogP contribution < -0.4 is 10.3 Å². The smallest absolute Gasteiger partial charge is 0.193 e. The minimum Gasteiger partial charge on any atom is -0.333 e. The van der Waals surface area contributed by atoms with Crippen LogP contribution in [0.15, 0.2) is 23.0 Å². The Morgan fingerprint density at radius 2 is 2.33 bits per heavy atom. The molecule has 0 bridgehead atoms. The fourth-order valence-corrected chi connectivity index (χ4v) is 4.09. The summed E-state index contributed by atoms with van der Waals surface area (Å²) >= 11 is 0. The highest BCUT2D eigenvalue weighted by atomic mass is 16.1. The van der Waals surface area contributed by atoms with E-state index in [9.17, 15) is 4.79 Å². The van der Waals surface area contributed by atoms with Crippen LogP contribution in [0.2, 0.25) is 0 Å². The summed E-state index contributed by atoms with van der Waals surface area (Å²) < 4.78 is 2.34. The molecule has 1 aliphatic heterocycles. The van der Waals surface area contributed by atoms with Gasteiger partial charge in [-0.1, -0.05) is 11.6 Å². The quantitative estimate of drug-likeness (QED) is 0.783. The molecule has 0 amide bonds. The van der Waals surface area contributed by atoms with Gasteiger partial charge in [0.15, 0.2) is 12.0 Å². The van der Waals surface area contributed by atoms with Gasteiger partial charge in [0.2, 0.25) is 0 Å². The molecule has 0 radical (unpaired) electrons. The number of hydrogen-bond acceptors (Lipinski definition) is 2. The Balaban J connectivity index is 2.02. The van der Waals surface area contributed by atoms with E-state index in [1.807, 2.05) is 13.0 Å². The fraction of sp³-hybridized carbons (Fsp3) is 0.412. The number of nitrogens with zero attached hydrogens (tertiary/aromatic N) is 2. The molecule has 1 aromatic heterocycles. The molecule has 2 atom stereocenters. The summed E-state index contributed by atoms with van der Waals surface area (Å²) in [6.07, 6.45) is 1.86. The van der Waals surface area contributed by atoms with E-state index >= 15 is 0 Å². The van der Waals surface area contributed by atoms with E-state index in [2.05, 4.69) is 22.8 Å². The Bertz CT molecular complexity index is 844. The second-order valence-corrected chi connectivity index (χ2v) is 6.20. The van der Waals surface area contributed by atoms with Crippen molar-refractivity contribution in [1.82, 2.24) is 4.57 Å². The lowest BCUT2D eigenvalue weighted by molar-refractivity contribution is -0.929. The van der Waals surface area contributed by atoms with Gasteiger partial charge in [0.05, 0.1) is 24.3 Å². The monoisotopic (exact) mass is 280 g/mol. The highest BCUT2D eigenvalue weighted by Gasteiger charge is 2.39. The molecule has 1 N–H and O–H groups in total. The zero-order valence-corrected chi connectivity index (χ0v) is 12.1. The second-order valence-electron chi connectivity index (χ2n) is 6.20. The zero-order chi connectivity index (χ0) is 14.6. The summed E-state index contributed by atoms with van der Waals surface area (Å²) in [4.78, 5) is 14.1. The lowest BCUT2D eigenvalue weighted by atomic mass is 10.0. The third kappa shape index (κ3) is 1.68. The molecule has 1 aliphatic carbocycles. The maximum atomic E-state index is 12.8. The lowest BCUT2D eigenvalue weighted by Crippen LogP contribution is -3.13. The number of aromatic nitrogens is 1. The van der Waals surface area contributed by atoms with Gasteiger partial charge in [-0.25, -0.2) is 0 Å². The van der Waals surface area contributed by atoms with Crippen molar-refractivity contribution in [3.05, 3.63) is 45.2 Å². The molecular weight excluding hydrogens is 262 g/mol. The zero-order valence-electron chi connectivity index (χ0n) is 12.1. The molecular formula is C17H18N3O+. The van der Waals surface area contributed by atoms with E-state index in [0.29, 0.717) is 12.6 Å². The number of quaternary nitrogens is 1. The number of aryl methyl sites for hydroxylation is 1. The first-order valence-electron chi connectivity index (χ1n) is 7.58. The Labute approximate surface area is 123 Å². The van der Waals surface area contributed by atoms with Crippen LogP contribution in [0, 0.1) is 18.3 Å². The van der Waals surface area contributed by atoms with Crippen molar-refractivity contribution in [3.8, 4) is 6.07 Å². The molecule has 21 heavy (non-hydrogen) atoms. The molecule has 1 aromatic carbocycles. The second kappa shape index (κ2) is 4.44. The Morgan fingerprint density at radius 1 is 1.48 bits per heavy atom. The van der Waals surface area contributed by atoms with Crippen LogP contribution in [0.1, 0.15) is 29.3 Å². The van der Waals surface area contributed by atoms with E-state index in [-0.39, 0.29) is 5.43 Å². The first-order chi connectivity index (χ1) is 10.2. The third-order valence-electron chi connectivity index (χ3n) is 5.03. The molecule has 0 saturated carbocycles. The van der Waals surface area contributed by atoms with Gasteiger partial charge in [-0.15, -0.1) is 0 Å². The largest absolute Gasteiger partial charge is 0.333 e. The Hall–Kier alpha value is -2.12. The number of hydrogen-bond donors (Lipinski definition) is 1. The van der Waals surface area contributed by atoms with Crippen molar-refractivity contribution in [3.63, 3.8) is 0 Å². The molecule has 1 unspecified atom stereocenters. The minimum atomic E-state index is 0.209. The van der Waals surface area contributed by atoms with Crippen molar-refractivity contribution in [2.45, 2.75) is 32.4 Å². The third-order valence-corrected chi connectivity index (χ3v) is 5.03. The molecule has 2 aromatic rings. The predicted octanol–water partition coefficient (Wildman–Crippen LogP) is 0.719. The van der Waals surface area contributed by atoms with Crippen LogP contribution in [-0.2, 0) is 13.0 Å². The van der Waals surface area contributed by atoms with Crippen LogP contribution in [0.5, 0.6) is 0 Å². The van der Waals surface area contributed by atoms with Crippen molar-refractivity contribution < 1.29 is 4.90 Å². The molecule has 4 heteroatoms. The molecule has 0 fully saturated rings. The number of rotatable bonds is 1. The van der Waals surface area contributed by atoms with Crippen LogP contribution in [-0.4, -0.2) is 17.7 Å². The molecule has 2 heterocycles. The van der Waals surface area contributed by atoms with Gasteiger partial charge in [0.1, 0.15) is 12.1 Å². The molecule has 0 spiro atoms. The number of nitriles is 1. The van der Waals surface area contributed by atoms with Gasteiger partial charge in [0, 0.05) is 17.4 Å². The van der Waals surface area contributed by atoms with Crippen LogP contribution in [0.3, 0.4) is 0 Å².